The molecule has 0 aromatic heterocycles. The number of rotatable bonds is 23. The van der Waals surface area contributed by atoms with Crippen molar-refractivity contribution in [3.63, 3.8) is 0 Å². The summed E-state index contributed by atoms with van der Waals surface area (Å²) in [7, 11) is 4.28. The first-order chi connectivity index (χ1) is 15.4. The standard InChI is InChI=1S/C30H59NO/c1-8-10-12-17-21-29(20-11-9-2)23-22-28(5)25-30(26-31(6)7)32-24-18-15-13-14-16-19-27(3)4/h22-23,27,29-30H,5,8-21,24-26H2,1-4,6-7H3/b23-22+. The van der Waals surface area contributed by atoms with Crippen molar-refractivity contribution in [3.05, 3.63) is 24.3 Å². The van der Waals surface area contributed by atoms with Gasteiger partial charge in [0.25, 0.3) is 0 Å². The topological polar surface area (TPSA) is 12.5 Å². The zero-order valence-electron chi connectivity index (χ0n) is 23.0. The van der Waals surface area contributed by atoms with Crippen LogP contribution < -0.4 is 0 Å². The molecule has 0 spiro atoms. The van der Waals surface area contributed by atoms with Crippen molar-refractivity contribution >= 4 is 0 Å². The van der Waals surface area contributed by atoms with Gasteiger partial charge in [-0.05, 0) is 51.6 Å². The highest BCUT2D eigenvalue weighted by atomic mass is 16.5. The molecule has 2 nitrogen and oxygen atoms in total. The Kier molecular flexibility index (Phi) is 21.8. The molecule has 0 aliphatic carbocycles. The van der Waals surface area contributed by atoms with Gasteiger partial charge in [-0.25, -0.2) is 0 Å². The fourth-order valence-electron chi connectivity index (χ4n) is 4.29. The number of hydrogen-bond donors (Lipinski definition) is 0. The number of allylic oxidation sites excluding steroid dienone is 2. The average Bonchev–Trinajstić information content (AvgIpc) is 2.73. The maximum Gasteiger partial charge on any atom is 0.0741 e. The second-order valence-electron chi connectivity index (χ2n) is 10.7. The predicted octanol–water partition coefficient (Wildman–Crippen LogP) is 9.21. The van der Waals surface area contributed by atoms with Crippen molar-refractivity contribution < 1.29 is 4.74 Å². The van der Waals surface area contributed by atoms with Crippen molar-refractivity contribution in [3.8, 4) is 0 Å². The fourth-order valence-corrected chi connectivity index (χ4v) is 4.29. The molecule has 32 heavy (non-hydrogen) atoms. The van der Waals surface area contributed by atoms with E-state index in [0.717, 1.165) is 25.5 Å². The molecule has 0 heterocycles. The Morgan fingerprint density at radius 3 is 2.06 bits per heavy atom. The second-order valence-corrected chi connectivity index (χ2v) is 10.7. The van der Waals surface area contributed by atoms with Gasteiger partial charge in [0.1, 0.15) is 0 Å². The van der Waals surface area contributed by atoms with Crippen LogP contribution in [0, 0.1) is 11.8 Å². The largest absolute Gasteiger partial charge is 0.377 e. The van der Waals surface area contributed by atoms with E-state index in [1.165, 1.54) is 95.5 Å². The van der Waals surface area contributed by atoms with Gasteiger partial charge in [0.05, 0.1) is 6.10 Å². The van der Waals surface area contributed by atoms with Crippen LogP contribution in [0.4, 0.5) is 0 Å². The van der Waals surface area contributed by atoms with E-state index >= 15 is 0 Å². The minimum atomic E-state index is 0.252. The van der Waals surface area contributed by atoms with Crippen molar-refractivity contribution in [2.24, 2.45) is 11.8 Å². The summed E-state index contributed by atoms with van der Waals surface area (Å²) in [5.74, 6) is 1.56. The zero-order chi connectivity index (χ0) is 24.0. The molecule has 0 aliphatic heterocycles. The van der Waals surface area contributed by atoms with E-state index in [9.17, 15) is 0 Å². The van der Waals surface area contributed by atoms with Crippen LogP contribution >= 0.6 is 0 Å². The van der Waals surface area contributed by atoms with E-state index in [0.29, 0.717) is 5.92 Å². The van der Waals surface area contributed by atoms with Crippen molar-refractivity contribution in [1.29, 1.82) is 0 Å². The Morgan fingerprint density at radius 1 is 0.812 bits per heavy atom. The quantitative estimate of drug-likeness (QED) is 0.114. The van der Waals surface area contributed by atoms with Gasteiger partial charge < -0.3 is 9.64 Å². The Balaban J connectivity index is 4.36. The van der Waals surface area contributed by atoms with Crippen LogP contribution in [0.3, 0.4) is 0 Å². The maximum absolute atomic E-state index is 6.30. The molecule has 2 atom stereocenters. The van der Waals surface area contributed by atoms with Crippen LogP contribution in [0.2, 0.25) is 0 Å². The van der Waals surface area contributed by atoms with Crippen LogP contribution in [-0.2, 0) is 4.74 Å². The van der Waals surface area contributed by atoms with E-state index in [4.69, 9.17) is 4.74 Å². The third-order valence-electron chi connectivity index (χ3n) is 6.30. The molecule has 2 heteroatoms. The lowest BCUT2D eigenvalue weighted by Crippen LogP contribution is -2.29. The minimum absolute atomic E-state index is 0.252. The zero-order valence-corrected chi connectivity index (χ0v) is 23.0. The van der Waals surface area contributed by atoms with E-state index in [2.05, 4.69) is 65.4 Å². The molecule has 0 aromatic rings. The van der Waals surface area contributed by atoms with Gasteiger partial charge in [-0.1, -0.05) is 123 Å². The predicted molar refractivity (Wildman–Crippen MR) is 146 cm³/mol. The summed E-state index contributed by atoms with van der Waals surface area (Å²) in [4.78, 5) is 2.24. The highest BCUT2D eigenvalue weighted by molar-refractivity contribution is 5.16. The molecule has 2 unspecified atom stereocenters. The van der Waals surface area contributed by atoms with E-state index < -0.39 is 0 Å². The number of unbranched alkanes of at least 4 members (excludes halogenated alkanes) is 8. The summed E-state index contributed by atoms with van der Waals surface area (Å²) in [6, 6.07) is 0. The third-order valence-corrected chi connectivity index (χ3v) is 6.30. The molecular weight excluding hydrogens is 390 g/mol. The first-order valence-electron chi connectivity index (χ1n) is 14.0. The first kappa shape index (κ1) is 31.4. The van der Waals surface area contributed by atoms with Gasteiger partial charge in [-0.2, -0.15) is 0 Å². The molecular formula is C30H59NO. The van der Waals surface area contributed by atoms with Crippen LogP contribution in [0.25, 0.3) is 0 Å². The summed E-state index contributed by atoms with van der Waals surface area (Å²) < 4.78 is 6.30. The van der Waals surface area contributed by atoms with Crippen LogP contribution in [0.1, 0.15) is 124 Å². The smallest absolute Gasteiger partial charge is 0.0741 e. The van der Waals surface area contributed by atoms with Gasteiger partial charge >= 0.3 is 0 Å². The molecule has 0 fully saturated rings. The van der Waals surface area contributed by atoms with Gasteiger partial charge in [-0.15, -0.1) is 0 Å². The lowest BCUT2D eigenvalue weighted by atomic mass is 9.94. The van der Waals surface area contributed by atoms with Crippen LogP contribution in [0.15, 0.2) is 24.3 Å². The number of nitrogens with zero attached hydrogens (tertiary/aromatic N) is 1. The molecule has 0 aliphatic rings. The summed E-state index contributed by atoms with van der Waals surface area (Å²) in [6.07, 6.45) is 24.6. The molecule has 0 rings (SSSR count). The normalized spacial score (nSPS) is 14.0. The highest BCUT2D eigenvalue weighted by Gasteiger charge is 2.12. The van der Waals surface area contributed by atoms with Crippen molar-refractivity contribution in [2.75, 3.05) is 27.2 Å². The SMILES string of the molecule is C=C(/C=C/C(CCCC)CCCCCC)CC(CN(C)C)OCCCCCCCC(C)C. The number of ether oxygens (including phenoxy) is 1. The van der Waals surface area contributed by atoms with Gasteiger partial charge in [0.2, 0.25) is 0 Å². The molecule has 190 valence electrons. The van der Waals surface area contributed by atoms with E-state index in [1.807, 2.05) is 0 Å². The molecule has 0 amide bonds. The molecule has 0 saturated carbocycles. The second kappa shape index (κ2) is 22.2. The van der Waals surface area contributed by atoms with Gasteiger partial charge in [0, 0.05) is 13.2 Å². The van der Waals surface area contributed by atoms with Crippen LogP contribution in [0.5, 0.6) is 0 Å². The Labute approximate surface area is 203 Å². The third kappa shape index (κ3) is 21.3. The van der Waals surface area contributed by atoms with Crippen LogP contribution in [-0.4, -0.2) is 38.3 Å². The maximum atomic E-state index is 6.30. The summed E-state index contributed by atoms with van der Waals surface area (Å²) in [5.41, 5.74) is 1.22. The molecule has 0 radical (unpaired) electrons. The molecule has 0 N–H and O–H groups in total. The van der Waals surface area contributed by atoms with Gasteiger partial charge in [-0.3, -0.25) is 0 Å². The molecule has 0 saturated heterocycles. The van der Waals surface area contributed by atoms with Crippen molar-refractivity contribution in [2.45, 2.75) is 130 Å². The minimum Gasteiger partial charge on any atom is -0.377 e. The number of likely N-dealkylation sites (N-methyl/N-ethyl adjacent to an activating group) is 1. The average molecular weight is 450 g/mol. The Hall–Kier alpha value is -0.600. The highest BCUT2D eigenvalue weighted by Crippen LogP contribution is 2.20. The first-order valence-corrected chi connectivity index (χ1v) is 14.0. The fraction of sp³-hybridized carbons (Fsp3) is 0.867. The Bertz CT molecular complexity index is 440. The monoisotopic (exact) mass is 449 g/mol. The lowest BCUT2D eigenvalue weighted by Gasteiger charge is -2.22. The lowest BCUT2D eigenvalue weighted by molar-refractivity contribution is 0.0345. The Morgan fingerprint density at radius 2 is 1.41 bits per heavy atom. The van der Waals surface area contributed by atoms with E-state index in [-0.39, 0.29) is 6.10 Å². The van der Waals surface area contributed by atoms with E-state index in [1.54, 1.807) is 0 Å². The molecule has 0 bridgehead atoms. The van der Waals surface area contributed by atoms with Gasteiger partial charge in [0.15, 0.2) is 0 Å². The summed E-state index contributed by atoms with van der Waals surface area (Å²) in [5, 5.41) is 0. The van der Waals surface area contributed by atoms with Crippen molar-refractivity contribution in [1.82, 2.24) is 4.90 Å². The molecule has 0 aromatic carbocycles. The summed E-state index contributed by atoms with van der Waals surface area (Å²) >= 11 is 0. The summed E-state index contributed by atoms with van der Waals surface area (Å²) in [6.45, 7) is 15.5. The number of hydrogen-bond acceptors (Lipinski definition) is 2.